The van der Waals surface area contributed by atoms with E-state index in [-0.39, 0.29) is 6.42 Å². The van der Waals surface area contributed by atoms with Gasteiger partial charge in [-0.15, -0.1) is 0 Å². The Morgan fingerprint density at radius 3 is 0.712 bits per heavy atom. The van der Waals surface area contributed by atoms with E-state index in [0.717, 1.165) is 0 Å². The van der Waals surface area contributed by atoms with Crippen LogP contribution in [0.2, 0.25) is 0 Å². The second kappa shape index (κ2) is 22.1. The highest BCUT2D eigenvalue weighted by atomic mass is 16.8. The van der Waals surface area contributed by atoms with Crippen LogP contribution in [-0.2, 0) is 52.1 Å². The Kier molecular flexibility index (Phi) is 17.6. The molecule has 29 heteroatoms. The van der Waals surface area contributed by atoms with E-state index in [1.165, 1.54) is 0 Å². The topological polar surface area (TPSA) is 466 Å². The SMILES string of the molecule is OCC1C[C@@H]2O[C@@H]3C(CO)O[C@H](O[C@@H]4C(CO)O[C@H](O[C@@H]5C(CO)O[C@H](O[C@@H]6C(CO)O[C@H](O[C@@H]7C(CO)O[C@H](O[C@H]1[C@H](O)[C@H]2O)[C@H](O)[C@H]7O)[C@H](O)[C@H]6O)[C@H](O)[C@H]5O)[C@H](O)[C@H]4O)[C@H](O)[C@H]3O. The quantitative estimate of drug-likeness (QED) is 0.117. The molecule has 12 bridgehead atoms. The van der Waals surface area contributed by atoms with Crippen LogP contribution in [0, 0.1) is 5.92 Å². The lowest BCUT2D eigenvalue weighted by Crippen LogP contribution is -2.68. The normalized spacial score (nSPS) is 55.4. The molecule has 18 N–H and O–H groups in total. The molecule has 21 saturated heterocycles. The Labute approximate surface area is 373 Å². The molecule has 1 saturated carbocycles. The predicted molar refractivity (Wildman–Crippen MR) is 199 cm³/mol. The highest BCUT2D eigenvalue weighted by molar-refractivity contribution is 5.02. The molecule has 22 fully saturated rings. The summed E-state index contributed by atoms with van der Waals surface area (Å²) in [5, 5.41) is 196. The van der Waals surface area contributed by atoms with Gasteiger partial charge < -0.3 is 144 Å². The Balaban J connectivity index is 1.19. The van der Waals surface area contributed by atoms with Crippen molar-refractivity contribution in [2.24, 2.45) is 5.92 Å². The molecule has 30 atom stereocenters. The van der Waals surface area contributed by atoms with Crippen molar-refractivity contribution in [3.63, 3.8) is 0 Å². The molecule has 21 heterocycles. The molecular weight excluding hydrogens is 908 g/mol. The fourth-order valence-corrected chi connectivity index (χ4v) is 9.41. The van der Waals surface area contributed by atoms with Crippen LogP contribution in [-0.4, -0.2) is 310 Å². The van der Waals surface area contributed by atoms with Crippen LogP contribution in [0.4, 0.5) is 0 Å². The van der Waals surface area contributed by atoms with Crippen molar-refractivity contribution < 1.29 is 144 Å². The molecule has 29 nitrogen and oxygen atoms in total. The molecule has 0 radical (unpaired) electrons. The van der Waals surface area contributed by atoms with Gasteiger partial charge in [0.1, 0.15) is 134 Å². The molecule has 6 unspecified atom stereocenters. The summed E-state index contributed by atoms with van der Waals surface area (Å²) in [4.78, 5) is 0. The van der Waals surface area contributed by atoms with Crippen LogP contribution in [0.5, 0.6) is 0 Å². The summed E-state index contributed by atoms with van der Waals surface area (Å²) in [6, 6.07) is 0. The number of aliphatic hydroxyl groups excluding tert-OH is 18. The van der Waals surface area contributed by atoms with E-state index in [2.05, 4.69) is 0 Å². The molecule has 0 spiro atoms. The zero-order valence-electron chi connectivity index (χ0n) is 34.8. The lowest BCUT2D eigenvalue weighted by molar-refractivity contribution is -0.396. The average Bonchev–Trinajstić information content (AvgIpc) is 3.31. The molecular formula is C37H62O29. The number of rotatable bonds is 6. The Bertz CT molecular complexity index is 1230. The van der Waals surface area contributed by atoms with E-state index < -0.39 is 224 Å². The van der Waals surface area contributed by atoms with Gasteiger partial charge in [0.25, 0.3) is 0 Å². The van der Waals surface area contributed by atoms with Gasteiger partial charge in [0.05, 0.1) is 45.2 Å². The van der Waals surface area contributed by atoms with Crippen LogP contribution in [0.25, 0.3) is 0 Å². The van der Waals surface area contributed by atoms with Gasteiger partial charge in [-0.2, -0.15) is 0 Å². The highest BCUT2D eigenvalue weighted by Crippen LogP contribution is 2.39. The molecule has 0 aromatic carbocycles. The fourth-order valence-electron chi connectivity index (χ4n) is 9.41. The third-order valence-corrected chi connectivity index (χ3v) is 13.2. The third kappa shape index (κ3) is 10.0. The van der Waals surface area contributed by atoms with Crippen LogP contribution in [0.3, 0.4) is 0 Å². The van der Waals surface area contributed by atoms with Crippen LogP contribution < -0.4 is 0 Å². The summed E-state index contributed by atoms with van der Waals surface area (Å²) in [5.41, 5.74) is 0. The van der Waals surface area contributed by atoms with Crippen LogP contribution in [0.1, 0.15) is 6.42 Å². The smallest absolute Gasteiger partial charge is 0.187 e. The summed E-state index contributed by atoms with van der Waals surface area (Å²) < 4.78 is 62.8. The Morgan fingerprint density at radius 2 is 0.470 bits per heavy atom. The summed E-state index contributed by atoms with van der Waals surface area (Å²) in [7, 11) is 0. The summed E-state index contributed by atoms with van der Waals surface area (Å²) in [5.74, 6) is -1.17. The van der Waals surface area contributed by atoms with E-state index in [0.29, 0.717) is 0 Å². The summed E-state index contributed by atoms with van der Waals surface area (Å²) in [6.45, 7) is -5.65. The Morgan fingerprint density at radius 1 is 0.242 bits per heavy atom. The summed E-state index contributed by atoms with van der Waals surface area (Å²) in [6.07, 6.45) is -55.3. The first-order valence-electron chi connectivity index (χ1n) is 21.4. The summed E-state index contributed by atoms with van der Waals surface area (Å²) >= 11 is 0. The van der Waals surface area contributed by atoms with E-state index >= 15 is 0 Å². The zero-order chi connectivity index (χ0) is 48.0. The van der Waals surface area contributed by atoms with Gasteiger partial charge in [0.15, 0.2) is 31.5 Å². The predicted octanol–water partition coefficient (Wildman–Crippen LogP) is -12.4. The van der Waals surface area contributed by atoms with Gasteiger partial charge in [-0.1, -0.05) is 0 Å². The van der Waals surface area contributed by atoms with E-state index in [1.54, 1.807) is 0 Å². The maximum absolute atomic E-state index is 11.3. The Hall–Kier alpha value is -1.16. The lowest BCUT2D eigenvalue weighted by Gasteiger charge is -2.50. The van der Waals surface area contributed by atoms with E-state index in [1.807, 2.05) is 0 Å². The first-order valence-corrected chi connectivity index (χ1v) is 21.4. The van der Waals surface area contributed by atoms with Crippen molar-refractivity contribution >= 4 is 0 Å². The maximum atomic E-state index is 11.3. The van der Waals surface area contributed by atoms with Crippen molar-refractivity contribution in [2.75, 3.05) is 39.6 Å². The lowest BCUT2D eigenvalue weighted by atomic mass is 9.80. The number of hydrogen-bond acceptors (Lipinski definition) is 29. The first kappa shape index (κ1) is 52.7. The molecule has 384 valence electrons. The first-order chi connectivity index (χ1) is 31.4. The second-order valence-corrected chi connectivity index (χ2v) is 17.3. The van der Waals surface area contributed by atoms with Gasteiger partial charge in [-0.3, -0.25) is 0 Å². The van der Waals surface area contributed by atoms with Crippen molar-refractivity contribution in [3.05, 3.63) is 0 Å². The standard InChI is InChI=1S/C37H62O29/c38-2-8-1-9-15(44)16(45)27(8)62-33-23(52)18(47)29(11(4-40)58-33)64-35-25(54)20(49)31(13(6-42)60-35)66-37-26(55)21(50)32(14(7-43)61-37)65-36-24(53)19(48)30(12(5-41)59-36)63-34-22(51)17(46)28(56-9)10(3-39)57-34/h8-55H,1-7H2/t8?,9-,10?,11?,12?,13?,14?,15-,16+,17+,18+,19+,20+,21+,22+,23+,24+,25+,26+,27+,28+,29+,30+,31+,32+,33+,34+,35+,36+,37+/m0/s1. The van der Waals surface area contributed by atoms with Gasteiger partial charge in [-0.25, -0.2) is 0 Å². The number of hydrogen-bond donors (Lipinski definition) is 18. The van der Waals surface area contributed by atoms with E-state index in [4.69, 9.17) is 52.1 Å². The largest absolute Gasteiger partial charge is 0.396 e. The molecule has 22 aliphatic rings. The van der Waals surface area contributed by atoms with Gasteiger partial charge >= 0.3 is 0 Å². The molecule has 0 amide bonds. The average molecular weight is 971 g/mol. The van der Waals surface area contributed by atoms with Gasteiger partial charge in [-0.05, 0) is 6.42 Å². The minimum atomic E-state index is -2.14. The fraction of sp³-hybridized carbons (Fsp3) is 1.00. The molecule has 1 aliphatic carbocycles. The second-order valence-electron chi connectivity index (χ2n) is 17.3. The molecule has 0 aromatic heterocycles. The minimum absolute atomic E-state index is 0.374. The molecule has 0 aromatic rings. The van der Waals surface area contributed by atoms with Gasteiger partial charge in [0, 0.05) is 12.5 Å². The van der Waals surface area contributed by atoms with Crippen molar-refractivity contribution in [1.82, 2.24) is 0 Å². The monoisotopic (exact) mass is 970 g/mol. The van der Waals surface area contributed by atoms with E-state index in [9.17, 15) is 91.9 Å². The molecule has 21 aliphatic heterocycles. The van der Waals surface area contributed by atoms with Crippen molar-refractivity contribution in [2.45, 2.75) is 184 Å². The van der Waals surface area contributed by atoms with Crippen molar-refractivity contribution in [1.29, 1.82) is 0 Å². The van der Waals surface area contributed by atoms with Crippen molar-refractivity contribution in [3.8, 4) is 0 Å². The number of ether oxygens (including phenoxy) is 11. The zero-order valence-corrected chi connectivity index (χ0v) is 34.8. The molecule has 66 heavy (non-hydrogen) atoms. The van der Waals surface area contributed by atoms with Gasteiger partial charge in [0.2, 0.25) is 0 Å². The molecule has 22 rings (SSSR count). The highest BCUT2D eigenvalue weighted by Gasteiger charge is 2.58. The maximum Gasteiger partial charge on any atom is 0.187 e. The third-order valence-electron chi connectivity index (χ3n) is 13.2. The van der Waals surface area contributed by atoms with Crippen LogP contribution in [0.15, 0.2) is 0 Å². The van der Waals surface area contributed by atoms with Crippen LogP contribution >= 0.6 is 0 Å². The minimum Gasteiger partial charge on any atom is -0.396 e. The number of aliphatic hydroxyl groups is 18.